The Balaban J connectivity index is 2.18. The second-order valence-electron chi connectivity index (χ2n) is 6.70. The Kier molecular flexibility index (Phi) is 10.5. The van der Waals surface area contributed by atoms with Crippen LogP contribution in [0.1, 0.15) is 78.1 Å². The number of carbonyl (C=O) groups is 1. The van der Waals surface area contributed by atoms with E-state index in [4.69, 9.17) is 4.74 Å². The summed E-state index contributed by atoms with van der Waals surface area (Å²) in [6, 6.07) is 0. The van der Waals surface area contributed by atoms with E-state index in [-0.39, 0.29) is 12.1 Å². The van der Waals surface area contributed by atoms with Crippen molar-refractivity contribution in [2.45, 2.75) is 90.3 Å². The van der Waals surface area contributed by atoms with E-state index in [1.165, 1.54) is 45.2 Å². The molecule has 0 aromatic heterocycles. The minimum absolute atomic E-state index is 0.0969. The first-order valence-corrected chi connectivity index (χ1v) is 9.21. The zero-order valence-corrected chi connectivity index (χ0v) is 14.6. The standard InChI is InChI=1S/C18H35NO3/c1-3-4-5-6-10-17(15-16(2)20)22-18(21)11-9-14-19-12-7-8-13-19/h16-17,20H,3-15H2,1-2H3. The first-order valence-electron chi connectivity index (χ1n) is 9.21. The van der Waals surface area contributed by atoms with Gasteiger partial charge in [-0.25, -0.2) is 0 Å². The molecule has 1 N–H and O–H groups in total. The zero-order valence-electron chi connectivity index (χ0n) is 14.6. The highest BCUT2D eigenvalue weighted by molar-refractivity contribution is 5.69. The summed E-state index contributed by atoms with van der Waals surface area (Å²) in [6.45, 7) is 7.31. The molecule has 2 atom stereocenters. The molecular weight excluding hydrogens is 278 g/mol. The van der Waals surface area contributed by atoms with E-state index in [9.17, 15) is 9.90 Å². The van der Waals surface area contributed by atoms with Gasteiger partial charge in [0.1, 0.15) is 6.10 Å². The molecule has 1 saturated heterocycles. The average Bonchev–Trinajstić information content (AvgIpc) is 2.96. The quantitative estimate of drug-likeness (QED) is 0.442. The fourth-order valence-electron chi connectivity index (χ4n) is 3.10. The summed E-state index contributed by atoms with van der Waals surface area (Å²) in [7, 11) is 0. The number of aliphatic hydroxyl groups excluding tert-OH is 1. The van der Waals surface area contributed by atoms with Gasteiger partial charge in [-0.15, -0.1) is 0 Å². The summed E-state index contributed by atoms with van der Waals surface area (Å²) in [5.41, 5.74) is 0. The number of rotatable bonds is 12. The smallest absolute Gasteiger partial charge is 0.306 e. The number of esters is 1. The summed E-state index contributed by atoms with van der Waals surface area (Å²) >= 11 is 0. The molecule has 0 radical (unpaired) electrons. The van der Waals surface area contributed by atoms with Gasteiger partial charge in [0.2, 0.25) is 0 Å². The van der Waals surface area contributed by atoms with Gasteiger partial charge in [-0.3, -0.25) is 4.79 Å². The van der Waals surface area contributed by atoms with E-state index < -0.39 is 6.10 Å². The molecule has 0 spiro atoms. The third-order valence-corrected chi connectivity index (χ3v) is 4.34. The van der Waals surface area contributed by atoms with E-state index >= 15 is 0 Å². The van der Waals surface area contributed by atoms with Crippen molar-refractivity contribution in [3.8, 4) is 0 Å². The van der Waals surface area contributed by atoms with Crippen LogP contribution in [-0.2, 0) is 9.53 Å². The maximum absolute atomic E-state index is 12.0. The van der Waals surface area contributed by atoms with Gasteiger partial charge in [0.15, 0.2) is 0 Å². The first-order chi connectivity index (χ1) is 10.6. The second-order valence-corrected chi connectivity index (χ2v) is 6.70. The first kappa shape index (κ1) is 19.4. The zero-order chi connectivity index (χ0) is 16.2. The predicted octanol–water partition coefficient (Wildman–Crippen LogP) is 3.52. The van der Waals surface area contributed by atoms with Crippen LogP contribution in [-0.4, -0.2) is 47.8 Å². The van der Waals surface area contributed by atoms with Gasteiger partial charge in [-0.1, -0.05) is 26.2 Å². The largest absolute Gasteiger partial charge is 0.462 e. The lowest BCUT2D eigenvalue weighted by molar-refractivity contribution is -0.151. The van der Waals surface area contributed by atoms with Gasteiger partial charge >= 0.3 is 5.97 Å². The molecule has 130 valence electrons. The van der Waals surface area contributed by atoms with Crippen LogP contribution in [0.5, 0.6) is 0 Å². The van der Waals surface area contributed by atoms with Crippen LogP contribution < -0.4 is 0 Å². The number of carbonyl (C=O) groups excluding carboxylic acids is 1. The fraction of sp³-hybridized carbons (Fsp3) is 0.944. The highest BCUT2D eigenvalue weighted by Crippen LogP contribution is 2.15. The Hall–Kier alpha value is -0.610. The van der Waals surface area contributed by atoms with Crippen LogP contribution in [0, 0.1) is 0 Å². The molecule has 0 amide bonds. The maximum atomic E-state index is 12.0. The number of unbranched alkanes of at least 4 members (excludes halogenated alkanes) is 3. The predicted molar refractivity (Wildman–Crippen MR) is 89.8 cm³/mol. The van der Waals surface area contributed by atoms with Gasteiger partial charge in [-0.05, 0) is 58.7 Å². The van der Waals surface area contributed by atoms with Crippen LogP contribution in [0.15, 0.2) is 0 Å². The fourth-order valence-corrected chi connectivity index (χ4v) is 3.10. The van der Waals surface area contributed by atoms with Crippen LogP contribution >= 0.6 is 0 Å². The molecule has 1 aliphatic rings. The number of ether oxygens (including phenoxy) is 1. The molecule has 1 rings (SSSR count). The van der Waals surface area contributed by atoms with Crippen molar-refractivity contribution in [3.63, 3.8) is 0 Å². The summed E-state index contributed by atoms with van der Waals surface area (Å²) in [6.07, 6.45) is 9.57. The molecule has 0 saturated carbocycles. The Morgan fingerprint density at radius 2 is 1.91 bits per heavy atom. The minimum atomic E-state index is -0.409. The molecule has 4 heteroatoms. The van der Waals surface area contributed by atoms with Crippen molar-refractivity contribution in [1.29, 1.82) is 0 Å². The van der Waals surface area contributed by atoms with Gasteiger partial charge in [0, 0.05) is 12.8 Å². The van der Waals surface area contributed by atoms with Gasteiger partial charge in [0.05, 0.1) is 6.10 Å². The van der Waals surface area contributed by atoms with Crippen LogP contribution in [0.2, 0.25) is 0 Å². The van der Waals surface area contributed by atoms with Crippen molar-refractivity contribution in [3.05, 3.63) is 0 Å². The van der Waals surface area contributed by atoms with Gasteiger partial charge < -0.3 is 14.7 Å². The molecule has 1 aliphatic heterocycles. The number of aliphatic hydroxyl groups is 1. The molecule has 4 nitrogen and oxygen atoms in total. The Morgan fingerprint density at radius 1 is 1.18 bits per heavy atom. The summed E-state index contributed by atoms with van der Waals surface area (Å²) in [4.78, 5) is 14.4. The van der Waals surface area contributed by atoms with Gasteiger partial charge in [-0.2, -0.15) is 0 Å². The molecular formula is C18H35NO3. The van der Waals surface area contributed by atoms with Crippen molar-refractivity contribution >= 4 is 5.97 Å². The van der Waals surface area contributed by atoms with Crippen molar-refractivity contribution in [2.24, 2.45) is 0 Å². The molecule has 2 unspecified atom stereocenters. The molecule has 0 aromatic carbocycles. The average molecular weight is 313 g/mol. The van der Waals surface area contributed by atoms with E-state index in [1.54, 1.807) is 6.92 Å². The van der Waals surface area contributed by atoms with Crippen molar-refractivity contribution in [1.82, 2.24) is 4.90 Å². The van der Waals surface area contributed by atoms with E-state index in [1.807, 2.05) is 0 Å². The molecule has 0 bridgehead atoms. The Morgan fingerprint density at radius 3 is 2.55 bits per heavy atom. The molecule has 0 aliphatic carbocycles. The lowest BCUT2D eigenvalue weighted by Gasteiger charge is -2.20. The van der Waals surface area contributed by atoms with Crippen LogP contribution in [0.3, 0.4) is 0 Å². The Bertz CT molecular complexity index is 288. The highest BCUT2D eigenvalue weighted by Gasteiger charge is 2.17. The lowest BCUT2D eigenvalue weighted by Crippen LogP contribution is -2.24. The van der Waals surface area contributed by atoms with Crippen molar-refractivity contribution < 1.29 is 14.6 Å². The maximum Gasteiger partial charge on any atom is 0.306 e. The molecule has 1 heterocycles. The topological polar surface area (TPSA) is 49.8 Å². The van der Waals surface area contributed by atoms with Gasteiger partial charge in [0.25, 0.3) is 0 Å². The molecule has 0 aromatic rings. The van der Waals surface area contributed by atoms with Crippen LogP contribution in [0.4, 0.5) is 0 Å². The van der Waals surface area contributed by atoms with E-state index in [0.717, 1.165) is 25.8 Å². The monoisotopic (exact) mass is 313 g/mol. The molecule has 1 fully saturated rings. The van der Waals surface area contributed by atoms with Crippen LogP contribution in [0.25, 0.3) is 0 Å². The second kappa shape index (κ2) is 11.9. The third kappa shape index (κ3) is 9.42. The van der Waals surface area contributed by atoms with Crippen molar-refractivity contribution in [2.75, 3.05) is 19.6 Å². The minimum Gasteiger partial charge on any atom is -0.462 e. The SMILES string of the molecule is CCCCCCC(CC(C)O)OC(=O)CCCN1CCCC1. The summed E-state index contributed by atoms with van der Waals surface area (Å²) in [5, 5.41) is 9.56. The molecule has 22 heavy (non-hydrogen) atoms. The summed E-state index contributed by atoms with van der Waals surface area (Å²) < 4.78 is 5.59. The lowest BCUT2D eigenvalue weighted by atomic mass is 10.0. The normalized spacial score (nSPS) is 18.3. The summed E-state index contributed by atoms with van der Waals surface area (Å²) in [5.74, 6) is -0.0969. The number of nitrogens with zero attached hydrogens (tertiary/aromatic N) is 1. The van der Waals surface area contributed by atoms with E-state index in [0.29, 0.717) is 12.8 Å². The van der Waals surface area contributed by atoms with E-state index in [2.05, 4.69) is 11.8 Å². The number of hydrogen-bond donors (Lipinski definition) is 1. The Labute approximate surface area is 136 Å². The number of hydrogen-bond acceptors (Lipinski definition) is 4. The highest BCUT2D eigenvalue weighted by atomic mass is 16.5. The number of likely N-dealkylation sites (tertiary alicyclic amines) is 1. The third-order valence-electron chi connectivity index (χ3n) is 4.34.